The molecule has 0 unspecified atom stereocenters. The third kappa shape index (κ3) is 4.15. The minimum Gasteiger partial charge on any atom is -0.350 e. The van der Waals surface area contributed by atoms with Crippen LogP contribution in [0.15, 0.2) is 29.2 Å². The predicted octanol–water partition coefficient (Wildman–Crippen LogP) is 4.74. The third-order valence-corrected chi connectivity index (χ3v) is 9.06. The average Bonchev–Trinajstić information content (AvgIpc) is 2.71. The van der Waals surface area contributed by atoms with Gasteiger partial charge in [-0.15, -0.1) is 11.8 Å². The van der Waals surface area contributed by atoms with Gasteiger partial charge >= 0.3 is 0 Å². The van der Waals surface area contributed by atoms with Gasteiger partial charge in [0.2, 0.25) is 5.91 Å². The number of thioether (sulfide) groups is 1. The zero-order valence-corrected chi connectivity index (χ0v) is 18.9. The summed E-state index contributed by atoms with van der Waals surface area (Å²) in [5, 5.41) is 3.46. The lowest BCUT2D eigenvalue weighted by atomic mass is 9.53. The van der Waals surface area contributed by atoms with E-state index in [1.54, 1.807) is 0 Å². The number of nitrogens with one attached hydrogen (secondary N) is 1. The summed E-state index contributed by atoms with van der Waals surface area (Å²) >= 11 is 1.52. The molecule has 1 saturated heterocycles. The number of carbonyl (C=O) groups is 2. The quantitative estimate of drug-likeness (QED) is 0.692. The predicted molar refractivity (Wildman–Crippen MR) is 121 cm³/mol. The van der Waals surface area contributed by atoms with Crippen molar-refractivity contribution in [2.45, 2.75) is 68.7 Å². The van der Waals surface area contributed by atoms with Gasteiger partial charge in [0.25, 0.3) is 5.91 Å². The molecule has 5 heteroatoms. The maximum atomic E-state index is 13.1. The van der Waals surface area contributed by atoms with Gasteiger partial charge in [-0.1, -0.05) is 19.1 Å². The summed E-state index contributed by atoms with van der Waals surface area (Å²) in [6.45, 7) is 3.94. The van der Waals surface area contributed by atoms with E-state index in [-0.39, 0.29) is 17.4 Å². The highest BCUT2D eigenvalue weighted by Gasteiger charge is 2.51. The van der Waals surface area contributed by atoms with Crippen LogP contribution < -0.4 is 5.32 Å². The molecule has 4 nitrogen and oxygen atoms in total. The summed E-state index contributed by atoms with van der Waals surface area (Å²) in [5.74, 6) is 3.83. The highest BCUT2D eigenvalue weighted by atomic mass is 32.2. The van der Waals surface area contributed by atoms with Crippen molar-refractivity contribution in [1.29, 1.82) is 0 Å². The molecule has 30 heavy (non-hydrogen) atoms. The minimum atomic E-state index is 0.0617. The zero-order valence-electron chi connectivity index (χ0n) is 18.1. The first kappa shape index (κ1) is 20.4. The summed E-state index contributed by atoms with van der Waals surface area (Å²) in [6, 6.07) is 7.80. The number of rotatable bonds is 5. The largest absolute Gasteiger partial charge is 0.350 e. The van der Waals surface area contributed by atoms with Gasteiger partial charge < -0.3 is 10.2 Å². The second-order valence-electron chi connectivity index (χ2n) is 10.5. The highest BCUT2D eigenvalue weighted by molar-refractivity contribution is 8.00. The first-order valence-electron chi connectivity index (χ1n) is 11.8. The Labute approximate surface area is 184 Å². The van der Waals surface area contributed by atoms with Gasteiger partial charge in [0, 0.05) is 23.5 Å². The lowest BCUT2D eigenvalue weighted by Gasteiger charge is -2.56. The molecule has 0 atom stereocenters. The van der Waals surface area contributed by atoms with Crippen LogP contribution in [0.5, 0.6) is 0 Å². The van der Waals surface area contributed by atoms with Gasteiger partial charge in [-0.25, -0.2) is 0 Å². The smallest absolute Gasteiger partial charge is 0.254 e. The SMILES string of the molecule is CC1CCN(C(=O)c2ccccc2SCC(=O)NC23CC4CC(CC(C4)C2)C3)CC1. The summed E-state index contributed by atoms with van der Waals surface area (Å²) in [7, 11) is 0. The lowest BCUT2D eigenvalue weighted by molar-refractivity contribution is -0.124. The molecular weight excluding hydrogens is 392 g/mol. The van der Waals surface area contributed by atoms with E-state index in [9.17, 15) is 9.59 Å². The van der Waals surface area contributed by atoms with Crippen LogP contribution in [-0.4, -0.2) is 41.1 Å². The number of benzene rings is 1. The van der Waals surface area contributed by atoms with Crippen molar-refractivity contribution >= 4 is 23.6 Å². The van der Waals surface area contributed by atoms with Crippen molar-refractivity contribution in [2.75, 3.05) is 18.8 Å². The van der Waals surface area contributed by atoms with Crippen LogP contribution >= 0.6 is 11.8 Å². The van der Waals surface area contributed by atoms with Crippen molar-refractivity contribution < 1.29 is 9.59 Å². The van der Waals surface area contributed by atoms with E-state index in [0.717, 1.165) is 54.1 Å². The van der Waals surface area contributed by atoms with Gasteiger partial charge in [0.05, 0.1) is 11.3 Å². The fourth-order valence-electron chi connectivity index (χ4n) is 6.89. The van der Waals surface area contributed by atoms with E-state index in [4.69, 9.17) is 0 Å². The molecule has 5 aliphatic rings. The Bertz CT molecular complexity index is 780. The molecule has 0 aromatic heterocycles. The number of carbonyl (C=O) groups excluding carboxylic acids is 2. The van der Waals surface area contributed by atoms with Crippen LogP contribution in [0, 0.1) is 23.7 Å². The molecule has 5 fully saturated rings. The van der Waals surface area contributed by atoms with Gasteiger partial charge in [0.15, 0.2) is 0 Å². The molecule has 4 saturated carbocycles. The zero-order chi connectivity index (χ0) is 20.7. The van der Waals surface area contributed by atoms with Crippen molar-refractivity contribution in [1.82, 2.24) is 10.2 Å². The van der Waals surface area contributed by atoms with Crippen LogP contribution in [-0.2, 0) is 4.79 Å². The Kier molecular flexibility index (Phi) is 5.59. The summed E-state index contributed by atoms with van der Waals surface area (Å²) in [4.78, 5) is 28.9. The van der Waals surface area contributed by atoms with E-state index in [0.29, 0.717) is 11.7 Å². The standard InChI is InChI=1S/C25H34N2O2S/c1-17-6-8-27(9-7-17)24(29)21-4-2-3-5-22(21)30-16-23(28)26-25-13-18-10-19(14-25)12-20(11-18)15-25/h2-5,17-20H,6-16H2,1H3,(H,26,28). The highest BCUT2D eigenvalue weighted by Crippen LogP contribution is 2.55. The Balaban J connectivity index is 1.21. The summed E-state index contributed by atoms with van der Waals surface area (Å²) in [5.41, 5.74) is 0.811. The molecule has 2 amide bonds. The van der Waals surface area contributed by atoms with Crippen LogP contribution in [0.4, 0.5) is 0 Å². The Morgan fingerprint density at radius 2 is 1.63 bits per heavy atom. The van der Waals surface area contributed by atoms with Crippen molar-refractivity contribution in [3.8, 4) is 0 Å². The molecule has 1 N–H and O–H groups in total. The van der Waals surface area contributed by atoms with Crippen LogP contribution in [0.1, 0.15) is 68.6 Å². The molecule has 1 aliphatic heterocycles. The van der Waals surface area contributed by atoms with Crippen LogP contribution in [0.3, 0.4) is 0 Å². The number of nitrogens with zero attached hydrogens (tertiary/aromatic N) is 1. The topological polar surface area (TPSA) is 49.4 Å². The maximum absolute atomic E-state index is 13.1. The number of likely N-dealkylation sites (tertiary alicyclic amines) is 1. The number of hydrogen-bond donors (Lipinski definition) is 1. The second kappa shape index (κ2) is 8.22. The van der Waals surface area contributed by atoms with Gasteiger partial charge in [-0.05, 0) is 87.2 Å². The second-order valence-corrected chi connectivity index (χ2v) is 11.5. The fraction of sp³-hybridized carbons (Fsp3) is 0.680. The Morgan fingerprint density at radius 1 is 1.03 bits per heavy atom. The van der Waals surface area contributed by atoms with E-state index in [1.165, 1.54) is 50.3 Å². The lowest BCUT2D eigenvalue weighted by Crippen LogP contribution is -2.60. The summed E-state index contributed by atoms with van der Waals surface area (Å²) < 4.78 is 0. The first-order valence-corrected chi connectivity index (χ1v) is 12.8. The molecule has 4 aliphatic carbocycles. The van der Waals surface area contributed by atoms with Gasteiger partial charge in [-0.2, -0.15) is 0 Å². The van der Waals surface area contributed by atoms with Crippen molar-refractivity contribution in [3.63, 3.8) is 0 Å². The number of piperidine rings is 1. The maximum Gasteiger partial charge on any atom is 0.254 e. The van der Waals surface area contributed by atoms with E-state index < -0.39 is 0 Å². The van der Waals surface area contributed by atoms with Crippen molar-refractivity contribution in [2.24, 2.45) is 23.7 Å². The molecule has 0 spiro atoms. The number of amides is 2. The first-order chi connectivity index (χ1) is 14.5. The molecule has 1 aromatic rings. The molecule has 1 aromatic carbocycles. The number of hydrogen-bond acceptors (Lipinski definition) is 3. The van der Waals surface area contributed by atoms with Gasteiger partial charge in [0.1, 0.15) is 0 Å². The van der Waals surface area contributed by atoms with Crippen LogP contribution in [0.25, 0.3) is 0 Å². The normalized spacial score (nSPS) is 33.0. The minimum absolute atomic E-state index is 0.0617. The fourth-order valence-corrected chi connectivity index (χ4v) is 7.73. The molecule has 4 bridgehead atoms. The Morgan fingerprint density at radius 3 is 2.27 bits per heavy atom. The summed E-state index contributed by atoms with van der Waals surface area (Å²) in [6.07, 6.45) is 9.84. The molecule has 0 radical (unpaired) electrons. The molecular formula is C25H34N2O2S. The van der Waals surface area contributed by atoms with E-state index in [1.807, 2.05) is 29.2 Å². The van der Waals surface area contributed by atoms with E-state index >= 15 is 0 Å². The van der Waals surface area contributed by atoms with Crippen molar-refractivity contribution in [3.05, 3.63) is 29.8 Å². The van der Waals surface area contributed by atoms with E-state index in [2.05, 4.69) is 12.2 Å². The molecule has 1 heterocycles. The average molecular weight is 427 g/mol. The van der Waals surface area contributed by atoms with Gasteiger partial charge in [-0.3, -0.25) is 9.59 Å². The third-order valence-electron chi connectivity index (χ3n) is 7.99. The van der Waals surface area contributed by atoms with Crippen LogP contribution in [0.2, 0.25) is 0 Å². The Hall–Kier alpha value is -1.49. The molecule has 162 valence electrons. The monoisotopic (exact) mass is 426 g/mol. The molecule has 6 rings (SSSR count).